The van der Waals surface area contributed by atoms with Crippen molar-refractivity contribution < 1.29 is 26.7 Å². The lowest BCUT2D eigenvalue weighted by Gasteiger charge is -2.07. The Kier molecular flexibility index (Phi) is 8.14. The number of carboxylic acids is 1. The molecule has 0 aliphatic heterocycles. The second-order valence-corrected chi connectivity index (χ2v) is 9.64. The zero-order valence-electron chi connectivity index (χ0n) is 12.9. The van der Waals surface area contributed by atoms with E-state index < -0.39 is 31.6 Å². The van der Waals surface area contributed by atoms with E-state index in [9.17, 15) is 21.6 Å². The van der Waals surface area contributed by atoms with E-state index in [0.29, 0.717) is 30.7 Å². The molecule has 2 N–H and O–H groups in total. The molecule has 1 rings (SSSR count). The predicted octanol–water partition coefficient (Wildman–Crippen LogP) is 1.68. The lowest BCUT2D eigenvalue weighted by atomic mass is 10.2. The molecule has 0 fully saturated rings. The van der Waals surface area contributed by atoms with Crippen LogP contribution in [0.25, 0.3) is 0 Å². The number of carboxylic acid groups (broad SMARTS) is 1. The van der Waals surface area contributed by atoms with Crippen LogP contribution < -0.4 is 4.72 Å². The minimum absolute atomic E-state index is 0.131. The number of halogens is 1. The average Bonchev–Trinajstić information content (AvgIpc) is 2.45. The summed E-state index contributed by atoms with van der Waals surface area (Å²) in [5, 5.41) is 8.91. The van der Waals surface area contributed by atoms with Gasteiger partial charge in [-0.2, -0.15) is 0 Å². The number of carbonyl (C=O) groups is 1. The monoisotopic (exact) mass is 397 g/mol. The van der Waals surface area contributed by atoms with Crippen LogP contribution in [0.1, 0.15) is 25.7 Å². The molecule has 0 aromatic heterocycles. The third-order valence-corrected chi connectivity index (χ3v) is 6.47. The third-order valence-electron chi connectivity index (χ3n) is 3.14. The van der Waals surface area contributed by atoms with Crippen LogP contribution in [0.2, 0.25) is 5.02 Å². The van der Waals surface area contributed by atoms with Crippen molar-refractivity contribution in [2.45, 2.75) is 30.6 Å². The number of nitrogens with one attached hydrogen (secondary N) is 1. The first-order chi connectivity index (χ1) is 11.1. The second kappa shape index (κ2) is 9.36. The molecule has 0 radical (unpaired) electrons. The first kappa shape index (κ1) is 20.9. The van der Waals surface area contributed by atoms with Crippen molar-refractivity contribution in [1.82, 2.24) is 4.72 Å². The summed E-state index contributed by atoms with van der Waals surface area (Å²) in [5.74, 6) is -2.38. The molecule has 0 aliphatic carbocycles. The van der Waals surface area contributed by atoms with Gasteiger partial charge in [-0.15, -0.1) is 0 Å². The molecule has 10 heteroatoms. The standard InChI is InChI=1S/C14H20ClNO6S2/c15-12-5-7-13(8-6-12)24(21,22)16-9-3-1-2-4-10-23(19,20)11-14(17)18/h5-8,16H,1-4,9-11H2,(H,17,18). The Morgan fingerprint density at radius 3 is 2.17 bits per heavy atom. The lowest BCUT2D eigenvalue weighted by Crippen LogP contribution is -2.24. The van der Waals surface area contributed by atoms with Crippen LogP contribution in [0, 0.1) is 0 Å². The van der Waals surface area contributed by atoms with E-state index in [1.807, 2.05) is 0 Å². The largest absolute Gasteiger partial charge is 0.480 e. The summed E-state index contributed by atoms with van der Waals surface area (Å²) in [7, 11) is -7.13. The lowest BCUT2D eigenvalue weighted by molar-refractivity contribution is -0.134. The van der Waals surface area contributed by atoms with Gasteiger partial charge < -0.3 is 5.11 Å². The number of sulfone groups is 1. The fourth-order valence-corrected chi connectivity index (χ4v) is 4.33. The Balaban J connectivity index is 2.24. The Labute approximate surface area is 147 Å². The van der Waals surface area contributed by atoms with Crippen LogP contribution >= 0.6 is 11.6 Å². The van der Waals surface area contributed by atoms with Gasteiger partial charge in [0.25, 0.3) is 0 Å². The van der Waals surface area contributed by atoms with Crippen LogP contribution in [0.5, 0.6) is 0 Å². The Bertz CT molecular complexity index is 744. The molecule has 0 spiro atoms. The fraction of sp³-hybridized carbons (Fsp3) is 0.500. The topological polar surface area (TPSA) is 118 Å². The summed E-state index contributed by atoms with van der Waals surface area (Å²) in [6.07, 6.45) is 2.15. The van der Waals surface area contributed by atoms with Gasteiger partial charge in [0, 0.05) is 11.6 Å². The van der Waals surface area contributed by atoms with Crippen LogP contribution in [0.4, 0.5) is 0 Å². The second-order valence-electron chi connectivity index (χ2n) is 5.25. The molecule has 0 saturated heterocycles. The van der Waals surface area contributed by atoms with Crippen LogP contribution in [0.15, 0.2) is 29.2 Å². The summed E-state index contributed by atoms with van der Waals surface area (Å²) >= 11 is 5.71. The van der Waals surface area contributed by atoms with Gasteiger partial charge in [0.2, 0.25) is 10.0 Å². The summed E-state index contributed by atoms with van der Waals surface area (Å²) in [6, 6.07) is 5.82. The first-order valence-corrected chi connectivity index (χ1v) is 11.0. The van der Waals surface area contributed by atoms with Gasteiger partial charge in [-0.25, -0.2) is 21.6 Å². The van der Waals surface area contributed by atoms with Crippen LogP contribution in [-0.4, -0.2) is 46.0 Å². The number of unbranched alkanes of at least 4 members (excludes halogenated alkanes) is 3. The van der Waals surface area contributed by atoms with Crippen LogP contribution in [0.3, 0.4) is 0 Å². The fourth-order valence-electron chi connectivity index (χ4n) is 1.96. The molecule has 0 bridgehead atoms. The Morgan fingerprint density at radius 1 is 1.00 bits per heavy atom. The van der Waals surface area contributed by atoms with E-state index in [1.165, 1.54) is 24.3 Å². The van der Waals surface area contributed by atoms with Gasteiger partial charge in [-0.1, -0.05) is 24.4 Å². The SMILES string of the molecule is O=C(O)CS(=O)(=O)CCCCCCNS(=O)(=O)c1ccc(Cl)cc1. The van der Waals surface area contributed by atoms with E-state index in [0.717, 1.165) is 0 Å². The first-order valence-electron chi connectivity index (χ1n) is 7.30. The molecule has 7 nitrogen and oxygen atoms in total. The van der Waals surface area contributed by atoms with Crippen molar-refractivity contribution in [3.63, 3.8) is 0 Å². The number of rotatable bonds is 11. The van der Waals surface area contributed by atoms with Gasteiger partial charge in [-0.3, -0.25) is 4.79 Å². The number of benzene rings is 1. The molecule has 0 saturated carbocycles. The molecular formula is C14H20ClNO6S2. The zero-order chi connectivity index (χ0) is 18.2. The molecule has 136 valence electrons. The number of sulfonamides is 1. The number of hydrogen-bond donors (Lipinski definition) is 2. The molecule has 24 heavy (non-hydrogen) atoms. The van der Waals surface area contributed by atoms with E-state index in [4.69, 9.17) is 16.7 Å². The minimum Gasteiger partial charge on any atom is -0.480 e. The maximum Gasteiger partial charge on any atom is 0.318 e. The van der Waals surface area contributed by atoms with Crippen molar-refractivity contribution in [2.75, 3.05) is 18.1 Å². The van der Waals surface area contributed by atoms with Gasteiger partial charge >= 0.3 is 5.97 Å². The highest BCUT2D eigenvalue weighted by molar-refractivity contribution is 7.92. The predicted molar refractivity (Wildman–Crippen MR) is 91.4 cm³/mol. The molecular weight excluding hydrogens is 378 g/mol. The van der Waals surface area contributed by atoms with Crippen molar-refractivity contribution in [1.29, 1.82) is 0 Å². The quantitative estimate of drug-likeness (QED) is 0.548. The molecule has 0 unspecified atom stereocenters. The molecule has 0 heterocycles. The smallest absolute Gasteiger partial charge is 0.318 e. The molecule has 1 aromatic rings. The molecule has 0 atom stereocenters. The van der Waals surface area contributed by atoms with Crippen LogP contribution in [-0.2, 0) is 24.7 Å². The highest BCUT2D eigenvalue weighted by Gasteiger charge is 2.15. The summed E-state index contributed by atoms with van der Waals surface area (Å²) in [6.45, 7) is 0.243. The minimum atomic E-state index is -3.58. The molecule has 0 aliphatic rings. The molecule has 0 amide bonds. The number of aliphatic carboxylic acids is 1. The molecule has 1 aromatic carbocycles. The summed E-state index contributed by atoms with van der Waals surface area (Å²) < 4.78 is 49.1. The Hall–Kier alpha value is -1.16. The van der Waals surface area contributed by atoms with Gasteiger partial charge in [-0.05, 0) is 37.1 Å². The normalized spacial score (nSPS) is 12.2. The van der Waals surface area contributed by atoms with E-state index in [-0.39, 0.29) is 17.2 Å². The van der Waals surface area contributed by atoms with Crippen molar-refractivity contribution in [3.05, 3.63) is 29.3 Å². The number of hydrogen-bond acceptors (Lipinski definition) is 5. The Morgan fingerprint density at radius 2 is 1.58 bits per heavy atom. The van der Waals surface area contributed by atoms with Crippen molar-refractivity contribution >= 4 is 37.4 Å². The van der Waals surface area contributed by atoms with Crippen molar-refractivity contribution in [2.24, 2.45) is 0 Å². The summed E-state index contributed by atoms with van der Waals surface area (Å²) in [4.78, 5) is 10.5. The highest BCUT2D eigenvalue weighted by atomic mass is 35.5. The van der Waals surface area contributed by atoms with E-state index >= 15 is 0 Å². The van der Waals surface area contributed by atoms with Gasteiger partial charge in [0.15, 0.2) is 9.84 Å². The van der Waals surface area contributed by atoms with E-state index in [1.54, 1.807) is 0 Å². The van der Waals surface area contributed by atoms with Gasteiger partial charge in [0.05, 0.1) is 10.6 Å². The summed E-state index contributed by atoms with van der Waals surface area (Å²) in [5.41, 5.74) is 0. The average molecular weight is 398 g/mol. The maximum absolute atomic E-state index is 12.0. The zero-order valence-corrected chi connectivity index (χ0v) is 15.3. The van der Waals surface area contributed by atoms with Crippen molar-refractivity contribution in [3.8, 4) is 0 Å². The third kappa shape index (κ3) is 8.09. The highest BCUT2D eigenvalue weighted by Crippen LogP contribution is 2.14. The maximum atomic E-state index is 12.0. The van der Waals surface area contributed by atoms with E-state index in [2.05, 4.69) is 4.72 Å². The van der Waals surface area contributed by atoms with Gasteiger partial charge in [0.1, 0.15) is 5.75 Å².